The van der Waals surface area contributed by atoms with Crippen LogP contribution in [0.25, 0.3) is 0 Å². The normalized spacial score (nSPS) is 15.9. The average molecular weight is 408 g/mol. The van der Waals surface area contributed by atoms with Crippen molar-refractivity contribution < 1.29 is 14.2 Å². The van der Waals surface area contributed by atoms with Gasteiger partial charge in [-0.2, -0.15) is 15.0 Å². The maximum Gasteiger partial charge on any atom is 0.324 e. The summed E-state index contributed by atoms with van der Waals surface area (Å²) >= 11 is 0. The first-order chi connectivity index (χ1) is 14.6. The molecule has 1 aliphatic rings. The van der Waals surface area contributed by atoms with Crippen LogP contribution in [0.2, 0.25) is 0 Å². The first-order valence-electron chi connectivity index (χ1n) is 9.73. The van der Waals surface area contributed by atoms with Crippen LogP contribution in [0.4, 0.5) is 5.95 Å². The number of anilines is 1. The fourth-order valence-corrected chi connectivity index (χ4v) is 3.38. The fourth-order valence-electron chi connectivity index (χ4n) is 3.38. The molecule has 9 heteroatoms. The molecule has 0 bridgehead atoms. The number of methoxy groups -OCH3 is 2. The Labute approximate surface area is 175 Å². The summed E-state index contributed by atoms with van der Waals surface area (Å²) in [5.74, 6) is 2.75. The molecule has 0 radical (unpaired) electrons. The van der Waals surface area contributed by atoms with Crippen molar-refractivity contribution in [2.75, 3.05) is 32.2 Å². The van der Waals surface area contributed by atoms with E-state index in [0.29, 0.717) is 18.4 Å². The van der Waals surface area contributed by atoms with Crippen molar-refractivity contribution in [1.82, 2.24) is 24.9 Å². The van der Waals surface area contributed by atoms with Gasteiger partial charge in [0.1, 0.15) is 11.6 Å². The topological polar surface area (TPSA) is 95.4 Å². The molecule has 30 heavy (non-hydrogen) atoms. The van der Waals surface area contributed by atoms with Gasteiger partial charge < -0.3 is 19.1 Å². The zero-order valence-electron chi connectivity index (χ0n) is 17.5. The number of benzene rings is 1. The Hall–Kier alpha value is -3.49. The first kappa shape index (κ1) is 19.8. The summed E-state index contributed by atoms with van der Waals surface area (Å²) in [5, 5.41) is 0. The van der Waals surface area contributed by atoms with Crippen LogP contribution >= 0.6 is 0 Å². The van der Waals surface area contributed by atoms with E-state index < -0.39 is 0 Å². The van der Waals surface area contributed by atoms with E-state index >= 15 is 0 Å². The second-order valence-corrected chi connectivity index (χ2v) is 7.11. The van der Waals surface area contributed by atoms with E-state index in [2.05, 4.69) is 29.8 Å². The molecule has 2 aromatic heterocycles. The molecule has 3 heterocycles. The quantitative estimate of drug-likeness (QED) is 0.609. The van der Waals surface area contributed by atoms with E-state index in [9.17, 15) is 0 Å². The van der Waals surface area contributed by atoms with Crippen LogP contribution in [-0.2, 0) is 0 Å². The van der Waals surface area contributed by atoms with Crippen molar-refractivity contribution in [1.29, 1.82) is 0 Å². The number of ether oxygens (including phenoxy) is 3. The maximum absolute atomic E-state index is 6.03. The van der Waals surface area contributed by atoms with Crippen molar-refractivity contribution in [3.05, 3.63) is 47.4 Å². The van der Waals surface area contributed by atoms with Gasteiger partial charge in [0.2, 0.25) is 11.8 Å². The molecule has 0 spiro atoms. The molecule has 1 unspecified atom stereocenters. The van der Waals surface area contributed by atoms with Crippen LogP contribution in [0.5, 0.6) is 23.7 Å². The summed E-state index contributed by atoms with van der Waals surface area (Å²) in [7, 11) is 3.03. The SMILES string of the molecule is COc1nc(OC)nc(N2CCC(c3nc(C)cc(Oc4ccccc4C)n3)C2)n1. The Bertz CT molecular complexity index is 1020. The van der Waals surface area contributed by atoms with Gasteiger partial charge in [-0.15, -0.1) is 4.98 Å². The van der Waals surface area contributed by atoms with Gasteiger partial charge in [-0.3, -0.25) is 0 Å². The Balaban J connectivity index is 1.54. The summed E-state index contributed by atoms with van der Waals surface area (Å²) in [6.45, 7) is 5.41. The van der Waals surface area contributed by atoms with Crippen LogP contribution in [0.1, 0.15) is 29.4 Å². The molecule has 1 aliphatic heterocycles. The molecule has 0 N–H and O–H groups in total. The van der Waals surface area contributed by atoms with Crippen molar-refractivity contribution in [2.24, 2.45) is 0 Å². The first-order valence-corrected chi connectivity index (χ1v) is 9.73. The lowest BCUT2D eigenvalue weighted by atomic mass is 10.1. The van der Waals surface area contributed by atoms with Gasteiger partial charge in [-0.1, -0.05) is 18.2 Å². The number of aromatic nitrogens is 5. The van der Waals surface area contributed by atoms with Gasteiger partial charge in [-0.05, 0) is 31.9 Å². The minimum Gasteiger partial charge on any atom is -0.467 e. The highest BCUT2D eigenvalue weighted by Crippen LogP contribution is 2.31. The predicted octanol–water partition coefficient (Wildman–Crippen LogP) is 3.08. The lowest BCUT2D eigenvalue weighted by molar-refractivity contribution is 0.340. The van der Waals surface area contributed by atoms with E-state index in [1.54, 1.807) is 0 Å². The fraction of sp³-hybridized carbons (Fsp3) is 0.381. The van der Waals surface area contributed by atoms with E-state index in [0.717, 1.165) is 35.8 Å². The zero-order chi connectivity index (χ0) is 21.1. The molecule has 4 rings (SSSR count). The highest BCUT2D eigenvalue weighted by molar-refractivity contribution is 5.37. The van der Waals surface area contributed by atoms with E-state index in [1.807, 2.05) is 44.2 Å². The summed E-state index contributed by atoms with van der Waals surface area (Å²) in [6.07, 6.45) is 0.879. The molecule has 1 saturated heterocycles. The van der Waals surface area contributed by atoms with Crippen LogP contribution < -0.4 is 19.1 Å². The van der Waals surface area contributed by atoms with E-state index in [-0.39, 0.29) is 17.9 Å². The van der Waals surface area contributed by atoms with Crippen LogP contribution in [0, 0.1) is 13.8 Å². The Morgan fingerprint density at radius 3 is 2.37 bits per heavy atom. The second-order valence-electron chi connectivity index (χ2n) is 7.11. The Morgan fingerprint density at radius 1 is 0.933 bits per heavy atom. The summed E-state index contributed by atoms with van der Waals surface area (Å²) < 4.78 is 16.3. The molecule has 0 amide bonds. The summed E-state index contributed by atoms with van der Waals surface area (Å²) in [5.41, 5.74) is 1.92. The van der Waals surface area contributed by atoms with E-state index in [1.165, 1.54) is 14.2 Å². The highest BCUT2D eigenvalue weighted by atomic mass is 16.5. The Morgan fingerprint density at radius 2 is 1.67 bits per heavy atom. The molecule has 0 aliphatic carbocycles. The largest absolute Gasteiger partial charge is 0.467 e. The minimum absolute atomic E-state index is 0.137. The number of para-hydroxylation sites is 1. The number of hydrogen-bond acceptors (Lipinski definition) is 9. The smallest absolute Gasteiger partial charge is 0.324 e. The van der Waals surface area contributed by atoms with E-state index in [4.69, 9.17) is 14.2 Å². The van der Waals surface area contributed by atoms with Crippen molar-refractivity contribution >= 4 is 5.95 Å². The molecule has 156 valence electrons. The lowest BCUT2D eigenvalue weighted by Crippen LogP contribution is -2.23. The maximum atomic E-state index is 6.03. The van der Waals surface area contributed by atoms with Gasteiger partial charge >= 0.3 is 12.0 Å². The van der Waals surface area contributed by atoms with Crippen LogP contribution in [0.15, 0.2) is 30.3 Å². The predicted molar refractivity (Wildman–Crippen MR) is 111 cm³/mol. The number of aryl methyl sites for hydroxylation is 2. The van der Waals surface area contributed by atoms with Gasteiger partial charge in [0, 0.05) is 30.8 Å². The van der Waals surface area contributed by atoms with Crippen LogP contribution in [-0.4, -0.2) is 52.2 Å². The molecule has 9 nitrogen and oxygen atoms in total. The third-order valence-corrected chi connectivity index (χ3v) is 4.94. The van der Waals surface area contributed by atoms with Gasteiger partial charge in [0.15, 0.2) is 0 Å². The molecule has 1 fully saturated rings. The summed E-state index contributed by atoms with van der Waals surface area (Å²) in [4.78, 5) is 24.1. The minimum atomic E-state index is 0.137. The molecular weight excluding hydrogens is 384 g/mol. The average Bonchev–Trinajstić information content (AvgIpc) is 3.25. The van der Waals surface area contributed by atoms with Gasteiger partial charge in [0.25, 0.3) is 0 Å². The molecule has 0 saturated carbocycles. The Kier molecular flexibility index (Phi) is 5.60. The molecule has 3 aromatic rings. The number of rotatable bonds is 6. The monoisotopic (exact) mass is 408 g/mol. The van der Waals surface area contributed by atoms with Gasteiger partial charge in [-0.25, -0.2) is 4.98 Å². The van der Waals surface area contributed by atoms with Crippen molar-refractivity contribution in [2.45, 2.75) is 26.2 Å². The molecule has 1 atom stereocenters. The third-order valence-electron chi connectivity index (χ3n) is 4.94. The molecule has 1 aromatic carbocycles. The number of nitrogens with zero attached hydrogens (tertiary/aromatic N) is 6. The second kappa shape index (κ2) is 8.48. The van der Waals surface area contributed by atoms with Gasteiger partial charge in [0.05, 0.1) is 14.2 Å². The summed E-state index contributed by atoms with van der Waals surface area (Å²) in [6, 6.07) is 10.2. The lowest BCUT2D eigenvalue weighted by Gasteiger charge is -2.17. The van der Waals surface area contributed by atoms with Crippen molar-refractivity contribution in [3.8, 4) is 23.7 Å². The zero-order valence-corrected chi connectivity index (χ0v) is 17.5. The highest BCUT2D eigenvalue weighted by Gasteiger charge is 2.29. The number of hydrogen-bond donors (Lipinski definition) is 0. The van der Waals surface area contributed by atoms with Crippen LogP contribution in [0.3, 0.4) is 0 Å². The molecular formula is C21H24N6O3. The standard InChI is InChI=1S/C21H24N6O3/c1-13-7-5-6-8-16(13)30-17-11-14(2)22-18(23-17)15-9-10-27(12-15)19-24-20(28-3)26-21(25-19)29-4/h5-8,11,15H,9-10,12H2,1-4H3. The third kappa shape index (κ3) is 4.24. The van der Waals surface area contributed by atoms with Crippen molar-refractivity contribution in [3.63, 3.8) is 0 Å².